The van der Waals surface area contributed by atoms with E-state index in [0.717, 1.165) is 30.4 Å². The minimum atomic E-state index is -1.00. The fraction of sp³-hybridized carbons (Fsp3) is 0.217. The molecule has 31 heavy (non-hydrogen) atoms. The average molecular weight is 420 g/mol. The zero-order valence-electron chi connectivity index (χ0n) is 16.6. The summed E-state index contributed by atoms with van der Waals surface area (Å²) >= 11 is 0. The van der Waals surface area contributed by atoms with Crippen LogP contribution in [0, 0.1) is 10.1 Å². The van der Waals surface area contributed by atoms with Crippen molar-refractivity contribution in [1.82, 2.24) is 4.98 Å². The zero-order valence-corrected chi connectivity index (χ0v) is 16.6. The van der Waals surface area contributed by atoms with Crippen LogP contribution in [0.3, 0.4) is 0 Å². The molecule has 0 fully saturated rings. The maximum absolute atomic E-state index is 11.0. The number of benzene rings is 2. The number of non-ortho nitro benzene ring substituents is 1. The molecule has 0 amide bonds. The van der Waals surface area contributed by atoms with E-state index in [1.54, 1.807) is 18.2 Å². The van der Waals surface area contributed by atoms with Gasteiger partial charge in [0.2, 0.25) is 5.89 Å². The Morgan fingerprint density at radius 2 is 2.16 bits per heavy atom. The number of rotatable bonds is 7. The Morgan fingerprint density at radius 1 is 1.32 bits per heavy atom. The quantitative estimate of drug-likeness (QED) is 0.429. The summed E-state index contributed by atoms with van der Waals surface area (Å²) in [6.45, 7) is -0.365. The molecule has 3 aromatic rings. The number of aromatic nitrogens is 1. The maximum Gasteiger partial charge on any atom is 0.341 e. The minimum absolute atomic E-state index is 0.0208. The largest absolute Gasteiger partial charge is 0.482 e. The number of allylic oxidation sites excluding steroid dienone is 1. The van der Waals surface area contributed by atoms with Crippen molar-refractivity contribution in [2.45, 2.75) is 25.2 Å². The van der Waals surface area contributed by atoms with E-state index in [0.29, 0.717) is 22.9 Å². The van der Waals surface area contributed by atoms with Gasteiger partial charge in [-0.1, -0.05) is 24.3 Å². The number of nitro groups is 1. The third-order valence-electron chi connectivity index (χ3n) is 5.19. The molecule has 0 saturated carbocycles. The van der Waals surface area contributed by atoms with E-state index in [1.807, 2.05) is 24.3 Å². The molecule has 1 heterocycles. The van der Waals surface area contributed by atoms with Gasteiger partial charge in [-0.25, -0.2) is 9.78 Å². The number of ether oxygens (including phenoxy) is 1. The van der Waals surface area contributed by atoms with E-state index in [1.165, 1.54) is 18.4 Å². The van der Waals surface area contributed by atoms with Crippen molar-refractivity contribution >= 4 is 17.7 Å². The Kier molecular flexibility index (Phi) is 5.79. The van der Waals surface area contributed by atoms with Gasteiger partial charge >= 0.3 is 5.97 Å². The molecule has 1 aromatic heterocycles. The standard InChI is InChI=1S/C23H20N2O6/c26-22(27)14-30-21-9-3-7-19-15(4-2-8-20(19)21)10-11-17-13-31-23(24-17)16-5-1-6-18(12-16)25(28)29/h1,3,5-7,9-13,15H,2,4,8,14H2,(H,26,27)/b11-10+. The predicted octanol–water partition coefficient (Wildman–Crippen LogP) is 4.85. The molecule has 0 saturated heterocycles. The maximum atomic E-state index is 11.0. The molecule has 0 aliphatic heterocycles. The summed E-state index contributed by atoms with van der Waals surface area (Å²) in [6, 6.07) is 11.9. The lowest BCUT2D eigenvalue weighted by molar-refractivity contribution is -0.384. The summed E-state index contributed by atoms with van der Waals surface area (Å²) in [5.41, 5.74) is 3.30. The highest BCUT2D eigenvalue weighted by atomic mass is 16.6. The number of carbonyl (C=O) groups is 1. The molecule has 1 aliphatic rings. The first kappa shape index (κ1) is 20.3. The van der Waals surface area contributed by atoms with Gasteiger partial charge in [-0.2, -0.15) is 0 Å². The number of carboxylic acid groups (broad SMARTS) is 1. The first-order valence-electron chi connectivity index (χ1n) is 9.86. The Hall–Kier alpha value is -3.94. The van der Waals surface area contributed by atoms with Crippen LogP contribution >= 0.6 is 0 Å². The number of hydrogen-bond donors (Lipinski definition) is 1. The van der Waals surface area contributed by atoms with Crippen LogP contribution in [0.15, 0.2) is 59.2 Å². The SMILES string of the molecule is O=C(O)COc1cccc2c1CCCC2/C=C/c1coc(-c2cccc([N+](=O)[O-])c2)n1. The lowest BCUT2D eigenvalue weighted by Crippen LogP contribution is -2.14. The van der Waals surface area contributed by atoms with Crippen LogP contribution in [0.25, 0.3) is 17.5 Å². The van der Waals surface area contributed by atoms with E-state index in [4.69, 9.17) is 14.3 Å². The van der Waals surface area contributed by atoms with E-state index in [9.17, 15) is 14.9 Å². The molecule has 0 spiro atoms. The summed E-state index contributed by atoms with van der Waals surface area (Å²) in [6.07, 6.45) is 8.20. The van der Waals surface area contributed by atoms with Crippen LogP contribution in [-0.2, 0) is 11.2 Å². The zero-order chi connectivity index (χ0) is 21.8. The molecule has 1 atom stereocenters. The molecule has 8 nitrogen and oxygen atoms in total. The predicted molar refractivity (Wildman–Crippen MR) is 113 cm³/mol. The average Bonchev–Trinajstić information content (AvgIpc) is 3.25. The molecule has 1 unspecified atom stereocenters. The van der Waals surface area contributed by atoms with Crippen molar-refractivity contribution in [3.63, 3.8) is 0 Å². The molecular formula is C23H20N2O6. The van der Waals surface area contributed by atoms with Crippen LogP contribution in [0.4, 0.5) is 5.69 Å². The van der Waals surface area contributed by atoms with Gasteiger partial charge in [0.05, 0.1) is 4.92 Å². The van der Waals surface area contributed by atoms with Crippen LogP contribution in [0.1, 0.15) is 35.6 Å². The number of nitro benzene ring substituents is 1. The summed E-state index contributed by atoms with van der Waals surface area (Å²) in [5, 5.41) is 19.9. The van der Waals surface area contributed by atoms with Gasteiger partial charge < -0.3 is 14.3 Å². The normalized spacial score (nSPS) is 15.5. The molecule has 0 radical (unpaired) electrons. The minimum Gasteiger partial charge on any atom is -0.482 e. The van der Waals surface area contributed by atoms with E-state index in [2.05, 4.69) is 4.98 Å². The van der Waals surface area contributed by atoms with E-state index >= 15 is 0 Å². The lowest BCUT2D eigenvalue weighted by atomic mass is 9.82. The van der Waals surface area contributed by atoms with Crippen molar-refractivity contribution in [2.75, 3.05) is 6.61 Å². The highest BCUT2D eigenvalue weighted by Gasteiger charge is 2.21. The summed E-state index contributed by atoms with van der Waals surface area (Å²) in [5.74, 6) is 0.0784. The molecule has 158 valence electrons. The van der Waals surface area contributed by atoms with Crippen molar-refractivity contribution in [3.8, 4) is 17.2 Å². The van der Waals surface area contributed by atoms with Gasteiger partial charge in [0.15, 0.2) is 6.61 Å². The van der Waals surface area contributed by atoms with Crippen LogP contribution in [0.5, 0.6) is 5.75 Å². The molecule has 1 N–H and O–H groups in total. The topological polar surface area (TPSA) is 116 Å². The summed E-state index contributed by atoms with van der Waals surface area (Å²) in [7, 11) is 0. The number of aliphatic carboxylic acids is 1. The smallest absolute Gasteiger partial charge is 0.341 e. The fourth-order valence-electron chi connectivity index (χ4n) is 3.79. The number of fused-ring (bicyclic) bond motifs is 1. The first-order valence-corrected chi connectivity index (χ1v) is 9.86. The number of oxazole rings is 1. The second kappa shape index (κ2) is 8.83. The van der Waals surface area contributed by atoms with Crippen molar-refractivity contribution in [3.05, 3.63) is 81.7 Å². The van der Waals surface area contributed by atoms with Crippen LogP contribution < -0.4 is 4.74 Å². The second-order valence-corrected chi connectivity index (χ2v) is 7.25. The number of hydrogen-bond acceptors (Lipinski definition) is 6. The molecule has 0 bridgehead atoms. The van der Waals surface area contributed by atoms with Crippen molar-refractivity contribution in [1.29, 1.82) is 0 Å². The van der Waals surface area contributed by atoms with Gasteiger partial charge in [0.1, 0.15) is 17.7 Å². The van der Waals surface area contributed by atoms with Gasteiger partial charge in [-0.05, 0) is 48.6 Å². The first-order chi connectivity index (χ1) is 15.0. The molecule has 1 aliphatic carbocycles. The third kappa shape index (κ3) is 4.63. The Labute approximate surface area is 178 Å². The monoisotopic (exact) mass is 420 g/mol. The Morgan fingerprint density at radius 3 is 2.97 bits per heavy atom. The highest BCUT2D eigenvalue weighted by Crippen LogP contribution is 2.37. The fourth-order valence-corrected chi connectivity index (χ4v) is 3.79. The number of carboxylic acids is 1. The molecule has 4 rings (SSSR count). The van der Waals surface area contributed by atoms with Gasteiger partial charge in [-0.3, -0.25) is 10.1 Å². The van der Waals surface area contributed by atoms with Crippen molar-refractivity contribution in [2.24, 2.45) is 0 Å². The molecule has 8 heteroatoms. The lowest BCUT2D eigenvalue weighted by Gasteiger charge is -2.25. The molecule has 2 aromatic carbocycles. The van der Waals surface area contributed by atoms with Gasteiger partial charge in [0.25, 0.3) is 5.69 Å². The Bertz CT molecular complexity index is 1150. The van der Waals surface area contributed by atoms with Crippen LogP contribution in [0.2, 0.25) is 0 Å². The second-order valence-electron chi connectivity index (χ2n) is 7.25. The van der Waals surface area contributed by atoms with Gasteiger partial charge in [0, 0.05) is 23.6 Å². The highest BCUT2D eigenvalue weighted by molar-refractivity contribution is 5.68. The number of nitrogens with zero attached hydrogens (tertiary/aromatic N) is 2. The van der Waals surface area contributed by atoms with Crippen molar-refractivity contribution < 1.29 is 24.0 Å². The van der Waals surface area contributed by atoms with E-state index < -0.39 is 10.9 Å². The van der Waals surface area contributed by atoms with E-state index in [-0.39, 0.29) is 18.2 Å². The summed E-state index contributed by atoms with van der Waals surface area (Å²) < 4.78 is 11.0. The van der Waals surface area contributed by atoms with Gasteiger partial charge in [-0.15, -0.1) is 0 Å². The Balaban J connectivity index is 1.53. The molecular weight excluding hydrogens is 400 g/mol. The third-order valence-corrected chi connectivity index (χ3v) is 5.19. The van der Waals surface area contributed by atoms with Crippen LogP contribution in [-0.4, -0.2) is 27.6 Å². The summed E-state index contributed by atoms with van der Waals surface area (Å²) in [4.78, 5) is 25.8.